The van der Waals surface area contributed by atoms with Crippen molar-refractivity contribution in [2.45, 2.75) is 6.92 Å². The largest absolute Gasteiger partial charge is 0.504 e. The predicted octanol–water partition coefficient (Wildman–Crippen LogP) is 2.66. The van der Waals surface area contributed by atoms with Gasteiger partial charge in [0.05, 0.1) is 5.39 Å². The topological polar surface area (TPSA) is 113 Å². The van der Waals surface area contributed by atoms with E-state index < -0.39 is 17.1 Å². The Balaban J connectivity index is 2.63. The highest BCUT2D eigenvalue weighted by molar-refractivity contribution is 6.09. The summed E-state index contributed by atoms with van der Waals surface area (Å²) in [6.45, 7) is 1.57. The van der Waals surface area contributed by atoms with E-state index in [2.05, 4.69) is 5.18 Å². The summed E-state index contributed by atoms with van der Waals surface area (Å²) in [6.07, 6.45) is 0. The molecule has 7 heteroatoms. The van der Waals surface area contributed by atoms with E-state index in [1.807, 2.05) is 0 Å². The second-order valence-corrected chi connectivity index (χ2v) is 4.04. The maximum absolute atomic E-state index is 11.8. The van der Waals surface area contributed by atoms with Crippen molar-refractivity contribution >= 4 is 27.6 Å². The van der Waals surface area contributed by atoms with Crippen molar-refractivity contribution in [3.63, 3.8) is 0 Å². The highest BCUT2D eigenvalue weighted by Crippen LogP contribution is 2.45. The number of rotatable bonds is 1. The quantitative estimate of drug-likeness (QED) is 0.514. The van der Waals surface area contributed by atoms with Crippen LogP contribution in [0.25, 0.3) is 21.9 Å². The van der Waals surface area contributed by atoms with Gasteiger partial charge in [-0.1, -0.05) is 0 Å². The van der Waals surface area contributed by atoms with Crippen LogP contribution in [0.2, 0.25) is 0 Å². The summed E-state index contributed by atoms with van der Waals surface area (Å²) >= 11 is 0. The van der Waals surface area contributed by atoms with Crippen LogP contribution in [0, 0.1) is 11.8 Å². The van der Waals surface area contributed by atoms with Crippen molar-refractivity contribution in [1.82, 2.24) is 0 Å². The van der Waals surface area contributed by atoms with Gasteiger partial charge in [0.1, 0.15) is 22.3 Å². The second-order valence-electron chi connectivity index (χ2n) is 4.04. The van der Waals surface area contributed by atoms with Gasteiger partial charge >= 0.3 is 5.63 Å². The molecule has 1 aromatic carbocycles. The molecule has 2 heterocycles. The van der Waals surface area contributed by atoms with Gasteiger partial charge in [-0.25, -0.2) is 4.79 Å². The minimum Gasteiger partial charge on any atom is -0.504 e. The molecule has 3 rings (SSSR count). The van der Waals surface area contributed by atoms with Gasteiger partial charge in [-0.15, -0.1) is 4.91 Å². The fraction of sp³-hybridized carbons (Fsp3) is 0.0833. The number of phenols is 2. The zero-order valence-corrected chi connectivity index (χ0v) is 9.63. The van der Waals surface area contributed by atoms with E-state index in [-0.39, 0.29) is 27.6 Å². The standard InChI is InChI=1S/C12H7NO6/c1-4-2-6-9(12(16)18-4)8-7(19-6)3-5(13-17)10(14)11(8)15/h2-3,14-15H,1H3. The molecule has 0 aliphatic carbocycles. The highest BCUT2D eigenvalue weighted by atomic mass is 16.4. The monoisotopic (exact) mass is 261 g/mol. The first-order valence-electron chi connectivity index (χ1n) is 5.28. The Kier molecular flexibility index (Phi) is 2.12. The Bertz CT molecular complexity index is 889. The average Bonchev–Trinajstić information content (AvgIpc) is 2.72. The molecule has 7 nitrogen and oxygen atoms in total. The molecule has 2 aromatic heterocycles. The molecule has 0 amide bonds. The third-order valence-corrected chi connectivity index (χ3v) is 2.82. The van der Waals surface area contributed by atoms with Crippen LogP contribution < -0.4 is 5.63 Å². The molecular formula is C12H7NO6. The summed E-state index contributed by atoms with van der Waals surface area (Å²) in [5.74, 6) is -0.999. The normalized spacial score (nSPS) is 11.2. The number of nitrogens with zero attached hydrogens (tertiary/aromatic N) is 1. The van der Waals surface area contributed by atoms with Crippen LogP contribution in [0.5, 0.6) is 11.5 Å². The molecule has 96 valence electrons. The molecule has 19 heavy (non-hydrogen) atoms. The second kappa shape index (κ2) is 3.58. The molecule has 0 aliphatic rings. The molecule has 0 unspecified atom stereocenters. The van der Waals surface area contributed by atoms with Gasteiger partial charge in [-0.2, -0.15) is 0 Å². The predicted molar refractivity (Wildman–Crippen MR) is 65.8 cm³/mol. The van der Waals surface area contributed by atoms with Gasteiger partial charge < -0.3 is 19.0 Å². The van der Waals surface area contributed by atoms with Crippen molar-refractivity contribution in [2.24, 2.45) is 5.18 Å². The van der Waals surface area contributed by atoms with Crippen LogP contribution >= 0.6 is 0 Å². The lowest BCUT2D eigenvalue weighted by molar-refractivity contribution is 0.409. The number of hydrogen-bond acceptors (Lipinski definition) is 7. The summed E-state index contributed by atoms with van der Waals surface area (Å²) in [5, 5.41) is 22.0. The molecular weight excluding hydrogens is 254 g/mol. The van der Waals surface area contributed by atoms with Crippen LogP contribution in [0.3, 0.4) is 0 Å². The number of aryl methyl sites for hydroxylation is 1. The Hall–Kier alpha value is -2.83. The van der Waals surface area contributed by atoms with E-state index in [4.69, 9.17) is 8.83 Å². The van der Waals surface area contributed by atoms with Crippen molar-refractivity contribution < 1.29 is 19.0 Å². The number of aromatic hydroxyl groups is 2. The minimum absolute atomic E-state index is 0.00542. The number of phenolic OH excluding ortho intramolecular Hbond substituents is 2. The molecule has 0 bridgehead atoms. The van der Waals surface area contributed by atoms with Gasteiger partial charge in [0.15, 0.2) is 17.2 Å². The van der Waals surface area contributed by atoms with E-state index in [1.54, 1.807) is 6.92 Å². The third kappa shape index (κ3) is 1.41. The van der Waals surface area contributed by atoms with Crippen LogP contribution in [-0.4, -0.2) is 10.2 Å². The molecule has 0 atom stereocenters. The van der Waals surface area contributed by atoms with Crippen molar-refractivity contribution in [3.05, 3.63) is 33.2 Å². The lowest BCUT2D eigenvalue weighted by atomic mass is 10.1. The van der Waals surface area contributed by atoms with Gasteiger partial charge in [-0.3, -0.25) is 0 Å². The van der Waals surface area contributed by atoms with Crippen molar-refractivity contribution in [1.29, 1.82) is 0 Å². The molecule has 0 saturated carbocycles. The van der Waals surface area contributed by atoms with E-state index in [9.17, 15) is 19.9 Å². The summed E-state index contributed by atoms with van der Waals surface area (Å²) in [7, 11) is 0. The van der Waals surface area contributed by atoms with E-state index in [0.29, 0.717) is 5.76 Å². The van der Waals surface area contributed by atoms with Gasteiger partial charge in [-0.05, 0) is 12.1 Å². The van der Waals surface area contributed by atoms with E-state index in [1.165, 1.54) is 6.07 Å². The molecule has 0 saturated heterocycles. The van der Waals surface area contributed by atoms with Gasteiger partial charge in [0.2, 0.25) is 0 Å². The molecule has 2 N–H and O–H groups in total. The molecule has 0 fully saturated rings. The van der Waals surface area contributed by atoms with Crippen molar-refractivity contribution in [2.75, 3.05) is 0 Å². The molecule has 3 aromatic rings. The zero-order chi connectivity index (χ0) is 13.7. The Morgan fingerprint density at radius 1 is 1.05 bits per heavy atom. The van der Waals surface area contributed by atoms with Crippen LogP contribution in [0.15, 0.2) is 30.9 Å². The number of furan rings is 1. The van der Waals surface area contributed by atoms with Crippen LogP contribution in [-0.2, 0) is 0 Å². The highest BCUT2D eigenvalue weighted by Gasteiger charge is 2.21. The summed E-state index contributed by atoms with van der Waals surface area (Å²) in [5.41, 5.74) is -0.806. The number of nitroso groups, excluding NO2 is 1. The Labute approximate surface area is 104 Å². The average molecular weight is 261 g/mol. The van der Waals surface area contributed by atoms with E-state index in [0.717, 1.165) is 6.07 Å². The first-order valence-corrected chi connectivity index (χ1v) is 5.28. The molecule has 0 aliphatic heterocycles. The van der Waals surface area contributed by atoms with E-state index >= 15 is 0 Å². The maximum Gasteiger partial charge on any atom is 0.347 e. The Morgan fingerprint density at radius 3 is 2.42 bits per heavy atom. The number of benzene rings is 1. The zero-order valence-electron chi connectivity index (χ0n) is 9.63. The summed E-state index contributed by atoms with van der Waals surface area (Å²) < 4.78 is 10.3. The first-order chi connectivity index (χ1) is 9.02. The number of fused-ring (bicyclic) bond motifs is 3. The lowest BCUT2D eigenvalue weighted by Gasteiger charge is -2.00. The first kappa shape index (κ1) is 11.3. The maximum atomic E-state index is 11.8. The van der Waals surface area contributed by atoms with Crippen LogP contribution in [0.1, 0.15) is 5.76 Å². The fourth-order valence-corrected chi connectivity index (χ4v) is 2.02. The SMILES string of the molecule is Cc1cc2oc3cc(N=O)c(O)c(O)c3c2c(=O)o1. The van der Waals surface area contributed by atoms with Gasteiger partial charge in [0.25, 0.3) is 0 Å². The number of hydrogen-bond donors (Lipinski definition) is 2. The Morgan fingerprint density at radius 2 is 1.74 bits per heavy atom. The molecule has 0 radical (unpaired) electrons. The smallest absolute Gasteiger partial charge is 0.347 e. The molecule has 0 spiro atoms. The fourth-order valence-electron chi connectivity index (χ4n) is 2.02. The lowest BCUT2D eigenvalue weighted by Crippen LogP contribution is -1.98. The van der Waals surface area contributed by atoms with Crippen molar-refractivity contribution in [3.8, 4) is 11.5 Å². The minimum atomic E-state index is -0.704. The van der Waals surface area contributed by atoms with Gasteiger partial charge in [0, 0.05) is 12.1 Å². The summed E-state index contributed by atoms with van der Waals surface area (Å²) in [6, 6.07) is 2.62. The third-order valence-electron chi connectivity index (χ3n) is 2.82. The summed E-state index contributed by atoms with van der Waals surface area (Å²) in [4.78, 5) is 22.3. The van der Waals surface area contributed by atoms with Crippen LogP contribution in [0.4, 0.5) is 5.69 Å².